The van der Waals surface area contributed by atoms with Crippen molar-refractivity contribution in [2.24, 2.45) is 0 Å². The lowest BCUT2D eigenvalue weighted by Crippen LogP contribution is -2.11. The number of hydrogen-bond donors (Lipinski definition) is 2. The Bertz CT molecular complexity index is 547. The van der Waals surface area contributed by atoms with Crippen LogP contribution in [0.5, 0.6) is 0 Å². The van der Waals surface area contributed by atoms with E-state index >= 15 is 0 Å². The molecule has 0 unspecified atom stereocenters. The Morgan fingerprint density at radius 1 is 1.42 bits per heavy atom. The standard InChI is InChI=1S/C13H17N5O/c1-2-14-13-12(16-6-7-17-13)10-8-11(19-18-10)9-4-3-5-15-9/h6-9,15H,2-5H2,1H3,(H,14,17)/t9-/m0/s1. The fourth-order valence-electron chi connectivity index (χ4n) is 2.31. The van der Waals surface area contributed by atoms with E-state index in [4.69, 9.17) is 4.52 Å². The number of aromatic nitrogens is 3. The van der Waals surface area contributed by atoms with Gasteiger partial charge in [0, 0.05) is 25.0 Å². The molecule has 0 radical (unpaired) electrons. The van der Waals surface area contributed by atoms with E-state index in [1.807, 2.05) is 13.0 Å². The van der Waals surface area contributed by atoms with Gasteiger partial charge in [-0.25, -0.2) is 9.97 Å². The molecule has 2 N–H and O–H groups in total. The van der Waals surface area contributed by atoms with Gasteiger partial charge in [-0.3, -0.25) is 0 Å². The van der Waals surface area contributed by atoms with E-state index in [1.54, 1.807) is 12.4 Å². The molecule has 1 atom stereocenters. The molecule has 1 fully saturated rings. The first-order valence-electron chi connectivity index (χ1n) is 6.63. The number of hydrogen-bond acceptors (Lipinski definition) is 6. The van der Waals surface area contributed by atoms with E-state index < -0.39 is 0 Å². The van der Waals surface area contributed by atoms with Gasteiger partial charge in [0.15, 0.2) is 11.6 Å². The third-order valence-electron chi connectivity index (χ3n) is 3.22. The summed E-state index contributed by atoms with van der Waals surface area (Å²) >= 11 is 0. The van der Waals surface area contributed by atoms with Crippen molar-refractivity contribution in [3.05, 3.63) is 24.2 Å². The molecule has 1 saturated heterocycles. The van der Waals surface area contributed by atoms with Gasteiger partial charge < -0.3 is 15.2 Å². The molecule has 0 aliphatic carbocycles. The summed E-state index contributed by atoms with van der Waals surface area (Å²) in [6.45, 7) is 3.85. The maximum atomic E-state index is 5.43. The maximum Gasteiger partial charge on any atom is 0.154 e. The molecule has 3 heterocycles. The molecule has 2 aromatic heterocycles. The Balaban J connectivity index is 1.89. The van der Waals surface area contributed by atoms with E-state index in [-0.39, 0.29) is 6.04 Å². The zero-order valence-corrected chi connectivity index (χ0v) is 10.9. The van der Waals surface area contributed by atoms with Crippen LogP contribution >= 0.6 is 0 Å². The monoisotopic (exact) mass is 259 g/mol. The van der Waals surface area contributed by atoms with Crippen LogP contribution in [0.15, 0.2) is 23.0 Å². The predicted octanol–water partition coefficient (Wildman–Crippen LogP) is 1.99. The molecule has 0 spiro atoms. The molecule has 1 aliphatic heterocycles. The smallest absolute Gasteiger partial charge is 0.154 e. The van der Waals surface area contributed by atoms with Gasteiger partial charge in [0.25, 0.3) is 0 Å². The number of nitrogens with one attached hydrogen (secondary N) is 2. The Morgan fingerprint density at radius 3 is 3.11 bits per heavy atom. The first-order chi connectivity index (χ1) is 9.38. The van der Waals surface area contributed by atoms with Crippen molar-refractivity contribution >= 4 is 5.82 Å². The van der Waals surface area contributed by atoms with Gasteiger partial charge in [0.1, 0.15) is 11.4 Å². The molecule has 2 aromatic rings. The second-order valence-corrected chi connectivity index (χ2v) is 4.55. The lowest BCUT2D eigenvalue weighted by atomic mass is 10.1. The van der Waals surface area contributed by atoms with Crippen molar-refractivity contribution in [3.63, 3.8) is 0 Å². The van der Waals surface area contributed by atoms with E-state index in [1.165, 1.54) is 6.42 Å². The molecular formula is C13H17N5O. The number of nitrogens with zero attached hydrogens (tertiary/aromatic N) is 3. The van der Waals surface area contributed by atoms with Gasteiger partial charge in [-0.15, -0.1) is 0 Å². The van der Waals surface area contributed by atoms with Crippen LogP contribution in [-0.4, -0.2) is 28.2 Å². The van der Waals surface area contributed by atoms with Gasteiger partial charge in [-0.2, -0.15) is 0 Å². The molecule has 19 heavy (non-hydrogen) atoms. The van der Waals surface area contributed by atoms with Crippen LogP contribution in [0.3, 0.4) is 0 Å². The van der Waals surface area contributed by atoms with Gasteiger partial charge in [-0.05, 0) is 26.3 Å². The second-order valence-electron chi connectivity index (χ2n) is 4.55. The average molecular weight is 259 g/mol. The highest BCUT2D eigenvalue weighted by atomic mass is 16.5. The van der Waals surface area contributed by atoms with Crippen LogP contribution in [0.4, 0.5) is 5.82 Å². The molecular weight excluding hydrogens is 242 g/mol. The molecule has 6 nitrogen and oxygen atoms in total. The number of rotatable bonds is 4. The van der Waals surface area contributed by atoms with Gasteiger partial charge in [-0.1, -0.05) is 5.16 Å². The lowest BCUT2D eigenvalue weighted by Gasteiger charge is -2.05. The first-order valence-corrected chi connectivity index (χ1v) is 6.63. The van der Waals surface area contributed by atoms with Crippen LogP contribution in [-0.2, 0) is 0 Å². The van der Waals surface area contributed by atoms with Crippen LogP contribution < -0.4 is 10.6 Å². The van der Waals surface area contributed by atoms with Crippen LogP contribution in [0.25, 0.3) is 11.4 Å². The zero-order chi connectivity index (χ0) is 13.1. The predicted molar refractivity (Wildman–Crippen MR) is 71.7 cm³/mol. The van der Waals surface area contributed by atoms with Crippen molar-refractivity contribution < 1.29 is 4.52 Å². The SMILES string of the molecule is CCNc1nccnc1-c1cc([C@@H]2CCCN2)on1. The molecule has 3 rings (SSSR count). The van der Waals surface area contributed by atoms with Crippen LogP contribution in [0.2, 0.25) is 0 Å². The van der Waals surface area contributed by atoms with E-state index in [0.717, 1.165) is 42.5 Å². The summed E-state index contributed by atoms with van der Waals surface area (Å²) in [5.41, 5.74) is 1.46. The summed E-state index contributed by atoms with van der Waals surface area (Å²) in [5.74, 6) is 1.62. The van der Waals surface area contributed by atoms with Crippen molar-refractivity contribution in [3.8, 4) is 11.4 Å². The van der Waals surface area contributed by atoms with E-state index in [2.05, 4.69) is 25.8 Å². The Labute approximate surface area is 111 Å². The largest absolute Gasteiger partial charge is 0.368 e. The number of anilines is 1. The highest BCUT2D eigenvalue weighted by molar-refractivity contribution is 5.67. The normalized spacial score (nSPS) is 18.7. The Morgan fingerprint density at radius 2 is 2.32 bits per heavy atom. The van der Waals surface area contributed by atoms with Crippen LogP contribution in [0.1, 0.15) is 31.6 Å². The van der Waals surface area contributed by atoms with Crippen molar-refractivity contribution in [2.45, 2.75) is 25.8 Å². The highest BCUT2D eigenvalue weighted by Crippen LogP contribution is 2.28. The van der Waals surface area contributed by atoms with Gasteiger partial charge in [0.05, 0.1) is 6.04 Å². The molecule has 0 saturated carbocycles. The Kier molecular flexibility index (Phi) is 3.41. The highest BCUT2D eigenvalue weighted by Gasteiger charge is 2.22. The first kappa shape index (κ1) is 12.1. The average Bonchev–Trinajstić information content (AvgIpc) is 3.11. The zero-order valence-electron chi connectivity index (χ0n) is 10.9. The van der Waals surface area contributed by atoms with E-state index in [0.29, 0.717) is 0 Å². The fourth-order valence-corrected chi connectivity index (χ4v) is 2.31. The third-order valence-corrected chi connectivity index (χ3v) is 3.22. The molecule has 0 aromatic carbocycles. The molecule has 0 amide bonds. The summed E-state index contributed by atoms with van der Waals surface area (Å²) < 4.78 is 5.43. The molecule has 6 heteroatoms. The van der Waals surface area contributed by atoms with Crippen molar-refractivity contribution in [2.75, 3.05) is 18.4 Å². The second kappa shape index (κ2) is 5.36. The minimum absolute atomic E-state index is 0.278. The minimum Gasteiger partial charge on any atom is -0.368 e. The fraction of sp³-hybridized carbons (Fsp3) is 0.462. The van der Waals surface area contributed by atoms with Crippen molar-refractivity contribution in [1.82, 2.24) is 20.4 Å². The summed E-state index contributed by atoms with van der Waals surface area (Å²) in [6, 6.07) is 2.23. The summed E-state index contributed by atoms with van der Waals surface area (Å²) in [4.78, 5) is 8.62. The Hall–Kier alpha value is -1.95. The van der Waals surface area contributed by atoms with Gasteiger partial charge in [0.2, 0.25) is 0 Å². The lowest BCUT2D eigenvalue weighted by molar-refractivity contribution is 0.353. The van der Waals surface area contributed by atoms with Crippen LogP contribution in [0, 0.1) is 0 Å². The van der Waals surface area contributed by atoms with E-state index in [9.17, 15) is 0 Å². The summed E-state index contributed by atoms with van der Waals surface area (Å²) in [6.07, 6.45) is 5.60. The summed E-state index contributed by atoms with van der Waals surface area (Å²) in [7, 11) is 0. The molecule has 1 aliphatic rings. The maximum absolute atomic E-state index is 5.43. The summed E-state index contributed by atoms with van der Waals surface area (Å²) in [5, 5.41) is 10.7. The third kappa shape index (κ3) is 2.44. The van der Waals surface area contributed by atoms with Crippen molar-refractivity contribution in [1.29, 1.82) is 0 Å². The van der Waals surface area contributed by atoms with Gasteiger partial charge >= 0.3 is 0 Å². The topological polar surface area (TPSA) is 75.9 Å². The quantitative estimate of drug-likeness (QED) is 0.874. The molecule has 100 valence electrons. The molecule has 0 bridgehead atoms. The minimum atomic E-state index is 0.278.